The van der Waals surface area contributed by atoms with Crippen molar-refractivity contribution in [3.05, 3.63) is 38.3 Å². The van der Waals surface area contributed by atoms with Crippen LogP contribution in [0.25, 0.3) is 0 Å². The lowest BCUT2D eigenvalue weighted by molar-refractivity contribution is -0.122. The average molecular weight is 416 g/mol. The second-order valence-electron chi connectivity index (χ2n) is 4.51. The third-order valence-corrected chi connectivity index (χ3v) is 4.41. The highest BCUT2D eigenvalue weighted by molar-refractivity contribution is 9.10. The molecular weight excluding hydrogens is 402 g/mol. The summed E-state index contributed by atoms with van der Waals surface area (Å²) in [6.45, 7) is 0. The molecule has 1 unspecified atom stereocenters. The number of H-pyrrole nitrogens is 1. The van der Waals surface area contributed by atoms with Crippen molar-refractivity contribution in [1.82, 2.24) is 20.8 Å². The van der Waals surface area contributed by atoms with Crippen LogP contribution in [-0.2, 0) is 11.2 Å². The summed E-state index contributed by atoms with van der Waals surface area (Å²) in [6, 6.07) is 6.32. The van der Waals surface area contributed by atoms with Crippen molar-refractivity contribution in [3.8, 4) is 0 Å². The number of halogens is 1. The van der Waals surface area contributed by atoms with Crippen LogP contribution in [0.5, 0.6) is 0 Å². The number of urea groups is 1. The van der Waals surface area contributed by atoms with E-state index in [9.17, 15) is 9.59 Å². The van der Waals surface area contributed by atoms with E-state index >= 15 is 0 Å². The average Bonchev–Trinajstić information content (AvgIpc) is 2.92. The first kappa shape index (κ1) is 17.6. The molecule has 0 aliphatic carbocycles. The van der Waals surface area contributed by atoms with Crippen molar-refractivity contribution < 1.29 is 9.59 Å². The SMILES string of the molecule is CNC(=O)C(Cc1ccc(Br)cc1)NC(=O)Nc1n[nH]c(=S)s1. The molecule has 1 heterocycles. The van der Waals surface area contributed by atoms with Crippen molar-refractivity contribution in [2.45, 2.75) is 12.5 Å². The molecule has 0 bridgehead atoms. The summed E-state index contributed by atoms with van der Waals surface area (Å²) < 4.78 is 1.40. The van der Waals surface area contributed by atoms with Crippen molar-refractivity contribution in [1.29, 1.82) is 0 Å². The fourth-order valence-electron chi connectivity index (χ4n) is 1.81. The van der Waals surface area contributed by atoms with Gasteiger partial charge in [-0.05, 0) is 29.9 Å². The molecule has 0 spiro atoms. The largest absolute Gasteiger partial charge is 0.357 e. The van der Waals surface area contributed by atoms with Gasteiger partial charge in [-0.1, -0.05) is 39.4 Å². The first-order chi connectivity index (χ1) is 11.0. The van der Waals surface area contributed by atoms with Crippen LogP contribution in [0, 0.1) is 3.95 Å². The van der Waals surface area contributed by atoms with Gasteiger partial charge in [-0.3, -0.25) is 15.2 Å². The number of hydrogen-bond donors (Lipinski definition) is 4. The Morgan fingerprint density at radius 2 is 2.09 bits per heavy atom. The summed E-state index contributed by atoms with van der Waals surface area (Å²) in [7, 11) is 1.52. The van der Waals surface area contributed by atoms with Gasteiger partial charge >= 0.3 is 6.03 Å². The number of aromatic nitrogens is 2. The number of aromatic amines is 1. The van der Waals surface area contributed by atoms with Gasteiger partial charge in [-0.15, -0.1) is 5.10 Å². The highest BCUT2D eigenvalue weighted by atomic mass is 79.9. The van der Waals surface area contributed by atoms with E-state index in [-0.39, 0.29) is 5.91 Å². The highest BCUT2D eigenvalue weighted by Gasteiger charge is 2.20. The molecule has 0 radical (unpaired) electrons. The third kappa shape index (κ3) is 5.41. The van der Waals surface area contributed by atoms with E-state index in [2.05, 4.69) is 42.1 Å². The van der Waals surface area contributed by atoms with Crippen molar-refractivity contribution in [2.24, 2.45) is 0 Å². The van der Waals surface area contributed by atoms with Gasteiger partial charge < -0.3 is 10.6 Å². The Morgan fingerprint density at radius 1 is 1.39 bits per heavy atom. The van der Waals surface area contributed by atoms with Crippen LogP contribution < -0.4 is 16.0 Å². The predicted molar refractivity (Wildman–Crippen MR) is 95.2 cm³/mol. The van der Waals surface area contributed by atoms with Gasteiger partial charge in [0.05, 0.1) is 0 Å². The van der Waals surface area contributed by atoms with E-state index in [1.807, 2.05) is 24.3 Å². The fourth-order valence-corrected chi connectivity index (χ4v) is 2.86. The molecule has 0 saturated heterocycles. The summed E-state index contributed by atoms with van der Waals surface area (Å²) >= 11 is 9.38. The minimum Gasteiger partial charge on any atom is -0.357 e. The molecule has 1 aromatic carbocycles. The number of likely N-dealkylation sites (N-methyl/N-ethyl adjacent to an activating group) is 1. The number of hydrogen-bond acceptors (Lipinski definition) is 5. The van der Waals surface area contributed by atoms with E-state index in [0.29, 0.717) is 15.5 Å². The van der Waals surface area contributed by atoms with Crippen molar-refractivity contribution in [2.75, 3.05) is 12.4 Å². The topological polar surface area (TPSA) is 98.9 Å². The molecule has 10 heteroatoms. The zero-order chi connectivity index (χ0) is 16.8. The number of carbonyl (C=O) groups is 2. The second-order valence-corrected chi connectivity index (χ2v) is 7.10. The standard InChI is InChI=1S/C13H14BrN5O2S2/c1-15-10(20)9(6-7-2-4-8(14)5-3-7)16-11(21)17-12-18-19-13(22)23-12/h2-5,9H,6H2,1H3,(H,15,20)(H,19,22)(H2,16,17,18,21). The Bertz CT molecular complexity index is 743. The molecule has 4 N–H and O–H groups in total. The number of benzene rings is 1. The quantitative estimate of drug-likeness (QED) is 0.563. The highest BCUT2D eigenvalue weighted by Crippen LogP contribution is 2.13. The number of rotatable bonds is 5. The molecule has 2 aromatic rings. The molecule has 7 nitrogen and oxygen atoms in total. The maximum atomic E-state index is 12.0. The Balaban J connectivity index is 2.03. The minimum absolute atomic E-state index is 0.280. The maximum absolute atomic E-state index is 12.0. The monoisotopic (exact) mass is 415 g/mol. The first-order valence-electron chi connectivity index (χ1n) is 6.57. The lowest BCUT2D eigenvalue weighted by atomic mass is 10.1. The van der Waals surface area contributed by atoms with Crippen LogP contribution in [0.15, 0.2) is 28.7 Å². The number of nitrogens with one attached hydrogen (secondary N) is 4. The van der Waals surface area contributed by atoms with Crippen LogP contribution in [0.3, 0.4) is 0 Å². The second kappa shape index (κ2) is 8.18. The first-order valence-corrected chi connectivity index (χ1v) is 8.59. The van der Waals surface area contributed by atoms with Crippen LogP contribution >= 0.6 is 39.5 Å². The molecule has 0 saturated carbocycles. The van der Waals surface area contributed by atoms with Gasteiger partial charge in [0.2, 0.25) is 11.0 Å². The summed E-state index contributed by atoms with van der Waals surface area (Å²) in [6.07, 6.45) is 0.372. The summed E-state index contributed by atoms with van der Waals surface area (Å²) in [5, 5.41) is 14.5. The molecule has 23 heavy (non-hydrogen) atoms. The lowest BCUT2D eigenvalue weighted by Crippen LogP contribution is -2.48. The van der Waals surface area contributed by atoms with E-state index in [1.165, 1.54) is 7.05 Å². The zero-order valence-corrected chi connectivity index (χ0v) is 15.3. The summed E-state index contributed by atoms with van der Waals surface area (Å²) in [5.41, 5.74) is 0.928. The van der Waals surface area contributed by atoms with E-state index in [1.54, 1.807) is 0 Å². The van der Waals surface area contributed by atoms with E-state index in [0.717, 1.165) is 21.4 Å². The predicted octanol–water partition coefficient (Wildman–Crippen LogP) is 2.44. The maximum Gasteiger partial charge on any atom is 0.321 e. The number of anilines is 1. The van der Waals surface area contributed by atoms with Gasteiger partial charge in [0, 0.05) is 17.9 Å². The summed E-state index contributed by atoms with van der Waals surface area (Å²) in [5.74, 6) is -0.280. The summed E-state index contributed by atoms with van der Waals surface area (Å²) in [4.78, 5) is 24.0. The Morgan fingerprint density at radius 3 is 2.65 bits per heavy atom. The van der Waals surface area contributed by atoms with Crippen LogP contribution in [-0.4, -0.2) is 35.2 Å². The third-order valence-electron chi connectivity index (χ3n) is 2.88. The molecule has 1 atom stereocenters. The number of amides is 3. The van der Waals surface area contributed by atoms with Crippen LogP contribution in [0.4, 0.5) is 9.93 Å². The fraction of sp³-hybridized carbons (Fsp3) is 0.231. The minimum atomic E-state index is -0.701. The normalized spacial score (nSPS) is 11.6. The van der Waals surface area contributed by atoms with Crippen molar-refractivity contribution >= 4 is 56.6 Å². The molecule has 0 fully saturated rings. The molecule has 0 aliphatic heterocycles. The van der Waals surface area contributed by atoms with Gasteiger partial charge in [-0.25, -0.2) is 4.79 Å². The molecule has 0 aliphatic rings. The number of carbonyl (C=O) groups excluding carboxylic acids is 2. The molecule has 122 valence electrons. The van der Waals surface area contributed by atoms with Crippen LogP contribution in [0.1, 0.15) is 5.56 Å². The van der Waals surface area contributed by atoms with E-state index in [4.69, 9.17) is 12.2 Å². The molecular formula is C13H14BrN5O2S2. The smallest absolute Gasteiger partial charge is 0.321 e. The van der Waals surface area contributed by atoms with Gasteiger partial charge in [0.15, 0.2) is 3.95 Å². The Hall–Kier alpha value is -1.78. The van der Waals surface area contributed by atoms with E-state index < -0.39 is 12.1 Å². The zero-order valence-electron chi connectivity index (χ0n) is 12.1. The van der Waals surface area contributed by atoms with Gasteiger partial charge in [-0.2, -0.15) is 0 Å². The molecule has 3 amide bonds. The molecule has 2 rings (SSSR count). The van der Waals surface area contributed by atoms with Crippen molar-refractivity contribution in [3.63, 3.8) is 0 Å². The van der Waals surface area contributed by atoms with Gasteiger partial charge in [0.25, 0.3) is 0 Å². The Labute approximate surface area is 150 Å². The Kier molecular flexibility index (Phi) is 6.25. The number of nitrogens with zero attached hydrogens (tertiary/aromatic N) is 1. The molecule has 1 aromatic heterocycles. The van der Waals surface area contributed by atoms with Crippen LogP contribution in [0.2, 0.25) is 0 Å². The lowest BCUT2D eigenvalue weighted by Gasteiger charge is -2.17. The van der Waals surface area contributed by atoms with Gasteiger partial charge in [0.1, 0.15) is 6.04 Å².